The molecule has 0 aliphatic rings. The minimum absolute atomic E-state index is 0.00491. The van der Waals surface area contributed by atoms with Gasteiger partial charge in [-0.2, -0.15) is 0 Å². The molecule has 218 valence electrons. The van der Waals surface area contributed by atoms with Crippen LogP contribution in [-0.2, 0) is 33.8 Å². The molecule has 0 spiro atoms. The van der Waals surface area contributed by atoms with Gasteiger partial charge in [0, 0.05) is 25.9 Å². The zero-order valence-corrected chi connectivity index (χ0v) is 24.2. The van der Waals surface area contributed by atoms with E-state index in [1.165, 1.54) is 4.90 Å². The smallest absolute Gasteiger partial charge is 0.330 e. The van der Waals surface area contributed by atoms with Crippen molar-refractivity contribution in [2.24, 2.45) is 5.92 Å². The van der Waals surface area contributed by atoms with Crippen LogP contribution < -0.4 is 5.32 Å². The first kappa shape index (κ1) is 30.3. The molecule has 0 aromatic heterocycles. The fourth-order valence-electron chi connectivity index (χ4n) is 5.11. The highest BCUT2D eigenvalue weighted by Crippen LogP contribution is 2.26. The summed E-state index contributed by atoms with van der Waals surface area (Å²) in [6.45, 7) is 4.55. The van der Waals surface area contributed by atoms with E-state index in [1.54, 1.807) is 0 Å². The lowest BCUT2D eigenvalue weighted by Crippen LogP contribution is -2.61. The quantitative estimate of drug-likeness (QED) is 0.187. The Bertz CT molecular complexity index is 1480. The molecule has 7 nitrogen and oxygen atoms in total. The van der Waals surface area contributed by atoms with Crippen LogP contribution in [0.4, 0.5) is 4.79 Å². The maximum Gasteiger partial charge on any atom is 0.330 e. The van der Waals surface area contributed by atoms with E-state index < -0.39 is 23.5 Å². The monoisotopic (exact) mass is 566 g/mol. The highest BCUT2D eigenvalue weighted by molar-refractivity contribution is 5.90. The standard InChI is InChI=1S/C35H38N2O5/c1-26(2)24-37(21-20-32(38)42-25-28-14-7-4-8-15-28)34(41)36-35(33(39)40,22-27-12-5-3-6-13-27)23-30-18-11-17-29-16-9-10-19-31(29)30/h3-19,26H,20-25H2,1-2H3,(H,36,41)(H,39,40)/t35-/m0/s1. The molecule has 2 amide bonds. The molecule has 0 heterocycles. The third-order valence-electron chi connectivity index (χ3n) is 7.18. The predicted molar refractivity (Wildman–Crippen MR) is 164 cm³/mol. The molecule has 42 heavy (non-hydrogen) atoms. The number of aliphatic carboxylic acids is 1. The topological polar surface area (TPSA) is 95.9 Å². The second-order valence-electron chi connectivity index (χ2n) is 11.0. The van der Waals surface area contributed by atoms with Gasteiger partial charge < -0.3 is 20.1 Å². The Balaban J connectivity index is 1.57. The maximum atomic E-state index is 13.8. The van der Waals surface area contributed by atoms with Crippen LogP contribution in [0.3, 0.4) is 0 Å². The summed E-state index contributed by atoms with van der Waals surface area (Å²) in [5.41, 5.74) is 0.862. The van der Waals surface area contributed by atoms with Crippen molar-refractivity contribution in [1.29, 1.82) is 0 Å². The van der Waals surface area contributed by atoms with Crippen LogP contribution in [0.25, 0.3) is 10.8 Å². The van der Waals surface area contributed by atoms with E-state index in [0.717, 1.165) is 27.5 Å². The molecule has 0 radical (unpaired) electrons. The number of ether oxygens (including phenoxy) is 1. The van der Waals surface area contributed by atoms with E-state index in [1.807, 2.05) is 117 Å². The summed E-state index contributed by atoms with van der Waals surface area (Å²) in [6, 6.07) is 31.8. The average molecular weight is 567 g/mol. The van der Waals surface area contributed by atoms with Crippen molar-refractivity contribution in [2.75, 3.05) is 13.1 Å². The molecule has 2 N–H and O–H groups in total. The minimum Gasteiger partial charge on any atom is -0.479 e. The molecule has 4 rings (SSSR count). The normalized spacial score (nSPS) is 12.5. The van der Waals surface area contributed by atoms with Gasteiger partial charge in [0.2, 0.25) is 0 Å². The Hall–Kier alpha value is -4.65. The third-order valence-corrected chi connectivity index (χ3v) is 7.18. The largest absolute Gasteiger partial charge is 0.479 e. The summed E-state index contributed by atoms with van der Waals surface area (Å²) in [5.74, 6) is -1.45. The van der Waals surface area contributed by atoms with Gasteiger partial charge in [-0.1, -0.05) is 117 Å². The molecule has 0 saturated carbocycles. The molecule has 0 saturated heterocycles. The highest BCUT2D eigenvalue weighted by Gasteiger charge is 2.42. The van der Waals surface area contributed by atoms with Crippen LogP contribution in [0.15, 0.2) is 103 Å². The fourth-order valence-corrected chi connectivity index (χ4v) is 5.11. The molecule has 0 aliphatic heterocycles. The summed E-state index contributed by atoms with van der Waals surface area (Å²) < 4.78 is 5.41. The van der Waals surface area contributed by atoms with Gasteiger partial charge in [0.25, 0.3) is 0 Å². The molecular formula is C35H38N2O5. The minimum atomic E-state index is -1.63. The fraction of sp³-hybridized carbons (Fsp3) is 0.286. The molecule has 0 bridgehead atoms. The van der Waals surface area contributed by atoms with E-state index in [9.17, 15) is 19.5 Å². The van der Waals surface area contributed by atoms with Gasteiger partial charge in [0.1, 0.15) is 12.1 Å². The number of amides is 2. The van der Waals surface area contributed by atoms with Crippen LogP contribution in [0.1, 0.15) is 37.0 Å². The first-order valence-corrected chi connectivity index (χ1v) is 14.3. The van der Waals surface area contributed by atoms with Crippen LogP contribution in [-0.4, -0.2) is 46.6 Å². The maximum absolute atomic E-state index is 13.8. The van der Waals surface area contributed by atoms with Gasteiger partial charge in [0.15, 0.2) is 0 Å². The zero-order valence-electron chi connectivity index (χ0n) is 24.2. The van der Waals surface area contributed by atoms with E-state index >= 15 is 0 Å². The van der Waals surface area contributed by atoms with E-state index in [-0.39, 0.29) is 38.3 Å². The molecular weight excluding hydrogens is 528 g/mol. The predicted octanol–water partition coefficient (Wildman–Crippen LogP) is 6.25. The average Bonchev–Trinajstić information content (AvgIpc) is 2.99. The number of esters is 1. The number of rotatable bonds is 13. The Labute approximate surface area is 247 Å². The van der Waals surface area contributed by atoms with Crippen molar-refractivity contribution in [2.45, 2.75) is 45.3 Å². The lowest BCUT2D eigenvalue weighted by molar-refractivity contribution is -0.146. The summed E-state index contributed by atoms with van der Waals surface area (Å²) in [6.07, 6.45) is 0.167. The summed E-state index contributed by atoms with van der Waals surface area (Å²) in [7, 11) is 0. The number of carbonyl (C=O) groups is 3. The van der Waals surface area contributed by atoms with Crippen molar-refractivity contribution in [3.63, 3.8) is 0 Å². The van der Waals surface area contributed by atoms with Crippen molar-refractivity contribution in [1.82, 2.24) is 10.2 Å². The number of carbonyl (C=O) groups excluding carboxylic acids is 2. The zero-order chi connectivity index (χ0) is 30.0. The lowest BCUT2D eigenvalue weighted by Gasteiger charge is -2.35. The van der Waals surface area contributed by atoms with Gasteiger partial charge in [-0.3, -0.25) is 4.79 Å². The number of hydrogen-bond donors (Lipinski definition) is 2. The Morgan fingerprint density at radius 2 is 1.43 bits per heavy atom. The lowest BCUT2D eigenvalue weighted by atomic mass is 9.83. The van der Waals surface area contributed by atoms with E-state index in [2.05, 4.69) is 5.32 Å². The molecule has 7 heteroatoms. The number of hydrogen-bond acceptors (Lipinski definition) is 4. The number of urea groups is 1. The number of carboxylic acids is 1. The van der Waals surface area contributed by atoms with Gasteiger partial charge in [-0.05, 0) is 33.4 Å². The number of nitrogens with zero attached hydrogens (tertiary/aromatic N) is 1. The SMILES string of the molecule is CC(C)CN(CCC(=O)OCc1ccccc1)C(=O)N[C@@](Cc1ccccc1)(Cc1cccc2ccccc12)C(=O)O. The second-order valence-corrected chi connectivity index (χ2v) is 11.0. The Morgan fingerprint density at radius 3 is 2.10 bits per heavy atom. The van der Waals surface area contributed by atoms with Crippen LogP contribution in [0, 0.1) is 5.92 Å². The number of carboxylic acid groups (broad SMARTS) is 1. The summed E-state index contributed by atoms with van der Waals surface area (Å²) in [4.78, 5) is 41.0. The number of benzene rings is 4. The van der Waals surface area contributed by atoms with Crippen LogP contribution in [0.2, 0.25) is 0 Å². The van der Waals surface area contributed by atoms with Gasteiger partial charge in [-0.25, -0.2) is 9.59 Å². The molecule has 1 atom stereocenters. The highest BCUT2D eigenvalue weighted by atomic mass is 16.5. The number of nitrogens with one attached hydrogen (secondary N) is 1. The molecule has 0 aliphatic carbocycles. The summed E-state index contributed by atoms with van der Waals surface area (Å²) in [5, 5.41) is 15.6. The van der Waals surface area contributed by atoms with Gasteiger partial charge in [-0.15, -0.1) is 0 Å². The van der Waals surface area contributed by atoms with Crippen molar-refractivity contribution >= 4 is 28.7 Å². The molecule has 4 aromatic rings. The van der Waals surface area contributed by atoms with E-state index in [0.29, 0.717) is 6.54 Å². The Morgan fingerprint density at radius 1 is 0.810 bits per heavy atom. The first-order chi connectivity index (χ1) is 20.3. The van der Waals surface area contributed by atoms with Crippen LogP contribution in [0.5, 0.6) is 0 Å². The summed E-state index contributed by atoms with van der Waals surface area (Å²) >= 11 is 0. The van der Waals surface area contributed by atoms with E-state index in [4.69, 9.17) is 4.74 Å². The van der Waals surface area contributed by atoms with Gasteiger partial charge >= 0.3 is 18.0 Å². The van der Waals surface area contributed by atoms with Crippen molar-refractivity contribution in [3.05, 3.63) is 120 Å². The second kappa shape index (κ2) is 14.3. The van der Waals surface area contributed by atoms with Crippen molar-refractivity contribution in [3.8, 4) is 0 Å². The molecule has 4 aromatic carbocycles. The van der Waals surface area contributed by atoms with Crippen molar-refractivity contribution < 1.29 is 24.2 Å². The Kier molecular flexibility index (Phi) is 10.3. The molecule has 0 fully saturated rings. The number of fused-ring (bicyclic) bond motifs is 1. The first-order valence-electron chi connectivity index (χ1n) is 14.3. The van der Waals surface area contributed by atoms with Gasteiger partial charge in [0.05, 0.1) is 6.42 Å². The molecule has 0 unspecified atom stereocenters. The third kappa shape index (κ3) is 8.19. The van der Waals surface area contributed by atoms with Crippen LogP contribution >= 0.6 is 0 Å².